The second-order valence-corrected chi connectivity index (χ2v) is 6.91. The standard InChI is InChI=1S/C12H16BrNO4S/c1-3-8(2)11(12(15)16)14-19(17,18)10-6-4-9(13)5-7-10/h4-8,11,14H,3H2,1-2H3,(H,15,16)/t8-,11+/m0/s1. The van der Waals surface area contributed by atoms with Crippen molar-refractivity contribution in [2.75, 3.05) is 0 Å². The number of nitrogens with one attached hydrogen (secondary N) is 1. The fraction of sp³-hybridized carbons (Fsp3) is 0.417. The van der Waals surface area contributed by atoms with Crippen LogP contribution in [0.25, 0.3) is 0 Å². The van der Waals surface area contributed by atoms with Crippen LogP contribution in [0.15, 0.2) is 33.6 Å². The van der Waals surface area contributed by atoms with Gasteiger partial charge >= 0.3 is 5.97 Å². The van der Waals surface area contributed by atoms with Gasteiger partial charge in [0, 0.05) is 4.47 Å². The number of rotatable bonds is 6. The third-order valence-electron chi connectivity index (χ3n) is 2.89. The van der Waals surface area contributed by atoms with Gasteiger partial charge in [0.1, 0.15) is 6.04 Å². The summed E-state index contributed by atoms with van der Waals surface area (Å²) >= 11 is 3.21. The lowest BCUT2D eigenvalue weighted by Crippen LogP contribution is -2.44. The first kappa shape index (κ1) is 16.1. The summed E-state index contributed by atoms with van der Waals surface area (Å²) < 4.78 is 27.2. The Labute approximate surface area is 121 Å². The van der Waals surface area contributed by atoms with E-state index in [1.165, 1.54) is 12.1 Å². The Balaban J connectivity index is 3.00. The molecule has 0 aliphatic carbocycles. The molecule has 1 aromatic rings. The lowest BCUT2D eigenvalue weighted by Gasteiger charge is -2.20. The van der Waals surface area contributed by atoms with E-state index in [2.05, 4.69) is 20.7 Å². The molecule has 0 unspecified atom stereocenters. The molecule has 0 heterocycles. The summed E-state index contributed by atoms with van der Waals surface area (Å²) in [5.74, 6) is -1.46. The zero-order valence-corrected chi connectivity index (χ0v) is 13.0. The lowest BCUT2D eigenvalue weighted by molar-refractivity contribution is -0.140. The molecular formula is C12H16BrNO4S. The van der Waals surface area contributed by atoms with Crippen LogP contribution in [0.2, 0.25) is 0 Å². The molecule has 7 heteroatoms. The van der Waals surface area contributed by atoms with Gasteiger partial charge in [-0.1, -0.05) is 36.2 Å². The summed E-state index contributed by atoms with van der Waals surface area (Å²) in [4.78, 5) is 11.2. The summed E-state index contributed by atoms with van der Waals surface area (Å²) in [5.41, 5.74) is 0. The summed E-state index contributed by atoms with van der Waals surface area (Å²) in [7, 11) is -3.83. The van der Waals surface area contributed by atoms with Gasteiger partial charge in [0.15, 0.2) is 0 Å². The Kier molecular flexibility index (Phi) is 5.51. The summed E-state index contributed by atoms with van der Waals surface area (Å²) in [6.45, 7) is 3.51. The molecule has 0 aliphatic rings. The molecule has 2 N–H and O–H groups in total. The highest BCUT2D eigenvalue weighted by molar-refractivity contribution is 9.10. The monoisotopic (exact) mass is 349 g/mol. The second kappa shape index (κ2) is 6.49. The molecule has 0 radical (unpaired) electrons. The first-order chi connectivity index (χ1) is 8.77. The molecule has 1 aromatic carbocycles. The van der Waals surface area contributed by atoms with Crippen molar-refractivity contribution in [2.45, 2.75) is 31.2 Å². The fourth-order valence-electron chi connectivity index (χ4n) is 1.49. The van der Waals surface area contributed by atoms with Crippen LogP contribution >= 0.6 is 15.9 Å². The minimum Gasteiger partial charge on any atom is -0.480 e. The molecule has 2 atom stereocenters. The van der Waals surface area contributed by atoms with Crippen LogP contribution < -0.4 is 4.72 Å². The Morgan fingerprint density at radius 2 is 1.89 bits per heavy atom. The second-order valence-electron chi connectivity index (χ2n) is 4.28. The molecule has 0 fully saturated rings. The van der Waals surface area contributed by atoms with Gasteiger partial charge in [-0.05, 0) is 30.2 Å². The van der Waals surface area contributed by atoms with E-state index in [-0.39, 0.29) is 10.8 Å². The van der Waals surface area contributed by atoms with Crippen molar-refractivity contribution in [1.82, 2.24) is 4.72 Å². The molecule has 0 bridgehead atoms. The number of sulfonamides is 1. The molecule has 5 nitrogen and oxygen atoms in total. The molecule has 0 saturated carbocycles. The van der Waals surface area contributed by atoms with E-state index in [1.54, 1.807) is 19.1 Å². The van der Waals surface area contributed by atoms with Crippen LogP contribution in [-0.2, 0) is 14.8 Å². The first-order valence-corrected chi connectivity index (χ1v) is 8.06. The van der Waals surface area contributed by atoms with Crippen molar-refractivity contribution in [1.29, 1.82) is 0 Å². The molecule has 0 aromatic heterocycles. The fourth-order valence-corrected chi connectivity index (χ4v) is 3.06. The zero-order chi connectivity index (χ0) is 14.6. The number of halogens is 1. The maximum atomic E-state index is 12.1. The quantitative estimate of drug-likeness (QED) is 0.824. The topological polar surface area (TPSA) is 83.5 Å². The summed E-state index contributed by atoms with van der Waals surface area (Å²) in [6.07, 6.45) is 0.569. The normalized spacial score (nSPS) is 14.9. The van der Waals surface area contributed by atoms with E-state index in [9.17, 15) is 13.2 Å². The van der Waals surface area contributed by atoms with Crippen LogP contribution in [0.1, 0.15) is 20.3 Å². The Hall–Kier alpha value is -0.920. The molecule has 0 aliphatic heterocycles. The highest BCUT2D eigenvalue weighted by Gasteiger charge is 2.29. The maximum absolute atomic E-state index is 12.1. The molecule has 19 heavy (non-hydrogen) atoms. The van der Waals surface area contributed by atoms with Crippen molar-refractivity contribution < 1.29 is 18.3 Å². The SMILES string of the molecule is CC[C@H](C)[C@@H](NS(=O)(=O)c1ccc(Br)cc1)C(=O)O. The molecule has 0 spiro atoms. The van der Waals surface area contributed by atoms with Gasteiger partial charge in [-0.25, -0.2) is 8.42 Å². The van der Waals surface area contributed by atoms with Crippen LogP contribution in [0.3, 0.4) is 0 Å². The van der Waals surface area contributed by atoms with Gasteiger partial charge in [-0.2, -0.15) is 4.72 Å². The van der Waals surface area contributed by atoms with Crippen molar-refractivity contribution in [3.63, 3.8) is 0 Å². The predicted molar refractivity (Wildman–Crippen MR) is 75.3 cm³/mol. The number of carboxylic acid groups (broad SMARTS) is 1. The average Bonchev–Trinajstić information content (AvgIpc) is 2.35. The Morgan fingerprint density at radius 1 is 1.37 bits per heavy atom. The third-order valence-corrected chi connectivity index (χ3v) is 4.87. The van der Waals surface area contributed by atoms with Gasteiger partial charge in [0.2, 0.25) is 10.0 Å². The molecule has 0 saturated heterocycles. The lowest BCUT2D eigenvalue weighted by atomic mass is 10.0. The molecule has 0 amide bonds. The predicted octanol–water partition coefficient (Wildman–Crippen LogP) is 2.23. The van der Waals surface area contributed by atoms with Gasteiger partial charge in [-0.3, -0.25) is 4.79 Å². The largest absolute Gasteiger partial charge is 0.480 e. The minimum absolute atomic E-state index is 0.0465. The van der Waals surface area contributed by atoms with Crippen molar-refractivity contribution in [3.8, 4) is 0 Å². The van der Waals surface area contributed by atoms with Crippen LogP contribution in [0.5, 0.6) is 0 Å². The van der Waals surface area contributed by atoms with Crippen molar-refractivity contribution >= 4 is 31.9 Å². The molecular weight excluding hydrogens is 334 g/mol. The summed E-state index contributed by atoms with van der Waals surface area (Å²) in [6, 6.07) is 4.89. The zero-order valence-electron chi connectivity index (χ0n) is 10.6. The maximum Gasteiger partial charge on any atom is 0.322 e. The first-order valence-electron chi connectivity index (χ1n) is 5.78. The van der Waals surface area contributed by atoms with E-state index in [1.807, 2.05) is 6.92 Å². The number of hydrogen-bond acceptors (Lipinski definition) is 3. The summed E-state index contributed by atoms with van der Waals surface area (Å²) in [5, 5.41) is 9.09. The van der Waals surface area contributed by atoms with Crippen LogP contribution in [0.4, 0.5) is 0 Å². The van der Waals surface area contributed by atoms with Crippen LogP contribution in [-0.4, -0.2) is 25.5 Å². The number of carboxylic acids is 1. The number of carbonyl (C=O) groups is 1. The Morgan fingerprint density at radius 3 is 2.32 bits per heavy atom. The van der Waals surface area contributed by atoms with E-state index < -0.39 is 22.0 Å². The van der Waals surface area contributed by atoms with Crippen LogP contribution in [0, 0.1) is 5.92 Å². The van der Waals surface area contributed by atoms with E-state index in [0.717, 1.165) is 4.47 Å². The Bertz CT molecular complexity index is 541. The third kappa shape index (κ3) is 4.29. The van der Waals surface area contributed by atoms with Crippen molar-refractivity contribution in [2.24, 2.45) is 5.92 Å². The van der Waals surface area contributed by atoms with E-state index in [0.29, 0.717) is 6.42 Å². The number of hydrogen-bond donors (Lipinski definition) is 2. The van der Waals surface area contributed by atoms with E-state index in [4.69, 9.17) is 5.11 Å². The van der Waals surface area contributed by atoms with Gasteiger partial charge < -0.3 is 5.11 Å². The number of benzene rings is 1. The van der Waals surface area contributed by atoms with E-state index >= 15 is 0 Å². The average molecular weight is 350 g/mol. The molecule has 1 rings (SSSR count). The minimum atomic E-state index is -3.83. The highest BCUT2D eigenvalue weighted by atomic mass is 79.9. The molecule has 106 valence electrons. The highest BCUT2D eigenvalue weighted by Crippen LogP contribution is 2.17. The number of aliphatic carboxylic acids is 1. The van der Waals surface area contributed by atoms with Gasteiger partial charge in [0.05, 0.1) is 4.90 Å². The smallest absolute Gasteiger partial charge is 0.322 e. The van der Waals surface area contributed by atoms with Gasteiger partial charge in [0.25, 0.3) is 0 Å². The van der Waals surface area contributed by atoms with Gasteiger partial charge in [-0.15, -0.1) is 0 Å². The van der Waals surface area contributed by atoms with Crippen molar-refractivity contribution in [3.05, 3.63) is 28.7 Å².